The van der Waals surface area contributed by atoms with Crippen molar-refractivity contribution in [1.82, 2.24) is 10.6 Å². The molecule has 0 aliphatic heterocycles. The van der Waals surface area contributed by atoms with Gasteiger partial charge in [0.15, 0.2) is 0 Å². The number of aliphatic hydroxyl groups excluding tert-OH is 1. The number of nitrogens with one attached hydrogen (secondary N) is 2. The molecule has 0 aliphatic carbocycles. The van der Waals surface area contributed by atoms with Crippen molar-refractivity contribution in [1.29, 1.82) is 0 Å². The molecule has 1 rings (SSSR count). The molecule has 5 heteroatoms. The summed E-state index contributed by atoms with van der Waals surface area (Å²) in [6, 6.07) is 10.1. The van der Waals surface area contributed by atoms with Gasteiger partial charge >= 0.3 is 6.09 Å². The van der Waals surface area contributed by atoms with Crippen molar-refractivity contribution >= 4 is 6.09 Å². The molecule has 1 amide bonds. The number of alkyl carbamates (subject to hydrolysis) is 1. The van der Waals surface area contributed by atoms with Crippen molar-refractivity contribution in [3.05, 3.63) is 35.9 Å². The number of aliphatic hydroxyl groups is 1. The van der Waals surface area contributed by atoms with Gasteiger partial charge in [-0.25, -0.2) is 4.79 Å². The van der Waals surface area contributed by atoms with Crippen molar-refractivity contribution in [2.24, 2.45) is 0 Å². The van der Waals surface area contributed by atoms with Crippen LogP contribution >= 0.6 is 0 Å². The van der Waals surface area contributed by atoms with E-state index >= 15 is 0 Å². The van der Waals surface area contributed by atoms with Crippen LogP contribution in [0.1, 0.15) is 33.3 Å². The van der Waals surface area contributed by atoms with Gasteiger partial charge in [-0.3, -0.25) is 0 Å². The van der Waals surface area contributed by atoms with Crippen molar-refractivity contribution in [3.63, 3.8) is 0 Å². The van der Waals surface area contributed by atoms with Crippen LogP contribution in [0.15, 0.2) is 30.3 Å². The van der Waals surface area contributed by atoms with Crippen LogP contribution in [0.2, 0.25) is 0 Å². The van der Waals surface area contributed by atoms with Crippen LogP contribution in [0.4, 0.5) is 4.79 Å². The second-order valence-electron chi connectivity index (χ2n) is 6.53. The van der Waals surface area contributed by atoms with Crippen LogP contribution in [-0.4, -0.2) is 42.0 Å². The molecule has 0 bridgehead atoms. The van der Waals surface area contributed by atoms with Gasteiger partial charge in [0.1, 0.15) is 5.60 Å². The maximum Gasteiger partial charge on any atom is 0.407 e. The van der Waals surface area contributed by atoms with Crippen molar-refractivity contribution in [2.45, 2.75) is 51.9 Å². The van der Waals surface area contributed by atoms with Crippen molar-refractivity contribution < 1.29 is 14.6 Å². The first-order valence-electron chi connectivity index (χ1n) is 7.68. The highest BCUT2D eigenvalue weighted by atomic mass is 16.6. The largest absolute Gasteiger partial charge is 0.444 e. The van der Waals surface area contributed by atoms with Crippen LogP contribution in [0, 0.1) is 0 Å². The van der Waals surface area contributed by atoms with E-state index in [1.54, 1.807) is 6.92 Å². The van der Waals surface area contributed by atoms with E-state index in [2.05, 4.69) is 10.6 Å². The third-order valence-electron chi connectivity index (χ3n) is 2.92. The molecular formula is C17H28N2O3. The van der Waals surface area contributed by atoms with Crippen molar-refractivity contribution in [3.8, 4) is 0 Å². The molecule has 0 fully saturated rings. The fourth-order valence-electron chi connectivity index (χ4n) is 1.97. The lowest BCUT2D eigenvalue weighted by molar-refractivity contribution is 0.0521. The fourth-order valence-corrected chi connectivity index (χ4v) is 1.97. The van der Waals surface area contributed by atoms with Crippen LogP contribution in [0.5, 0.6) is 0 Å². The summed E-state index contributed by atoms with van der Waals surface area (Å²) in [6.07, 6.45) is -0.0900. The molecule has 3 N–H and O–H groups in total. The Morgan fingerprint density at radius 1 is 1.23 bits per heavy atom. The Labute approximate surface area is 133 Å². The first-order chi connectivity index (χ1) is 10.3. The fraction of sp³-hybridized carbons (Fsp3) is 0.588. The molecule has 0 radical (unpaired) electrons. The molecule has 0 heterocycles. The Hall–Kier alpha value is -1.59. The normalized spacial score (nSPS) is 14.2. The van der Waals surface area contributed by atoms with Gasteiger partial charge in [-0.1, -0.05) is 30.3 Å². The zero-order valence-corrected chi connectivity index (χ0v) is 13.9. The molecule has 0 saturated heterocycles. The third-order valence-corrected chi connectivity index (χ3v) is 2.92. The quantitative estimate of drug-likeness (QED) is 0.721. The first-order valence-corrected chi connectivity index (χ1v) is 7.68. The van der Waals surface area contributed by atoms with Gasteiger partial charge in [0, 0.05) is 19.1 Å². The van der Waals surface area contributed by atoms with Gasteiger partial charge in [-0.15, -0.1) is 0 Å². The van der Waals surface area contributed by atoms with E-state index in [1.165, 1.54) is 5.56 Å². The lowest BCUT2D eigenvalue weighted by Gasteiger charge is -2.23. The molecule has 0 saturated carbocycles. The second kappa shape index (κ2) is 8.76. The minimum Gasteiger partial charge on any atom is -0.444 e. The Morgan fingerprint density at radius 2 is 1.86 bits per heavy atom. The molecule has 0 aromatic heterocycles. The first kappa shape index (κ1) is 18.5. The molecule has 1 unspecified atom stereocenters. The third kappa shape index (κ3) is 8.64. The maximum absolute atomic E-state index is 11.7. The smallest absolute Gasteiger partial charge is 0.407 e. The summed E-state index contributed by atoms with van der Waals surface area (Å²) in [5, 5.41) is 15.5. The summed E-state index contributed by atoms with van der Waals surface area (Å²) in [7, 11) is 0. The molecule has 124 valence electrons. The molecule has 1 aromatic rings. The van der Waals surface area contributed by atoms with Gasteiger partial charge < -0.3 is 20.5 Å². The summed E-state index contributed by atoms with van der Waals surface area (Å²) >= 11 is 0. The van der Waals surface area contributed by atoms with Crippen LogP contribution in [0.25, 0.3) is 0 Å². The van der Waals surface area contributed by atoms with Crippen LogP contribution in [-0.2, 0) is 11.2 Å². The average Bonchev–Trinajstić information content (AvgIpc) is 2.41. The summed E-state index contributed by atoms with van der Waals surface area (Å²) in [5.74, 6) is 0. The molecule has 0 spiro atoms. The Kier molecular flexibility index (Phi) is 7.35. The number of hydrogen-bond donors (Lipinski definition) is 3. The van der Waals surface area contributed by atoms with Crippen molar-refractivity contribution in [2.75, 3.05) is 13.1 Å². The minimum atomic E-state index is -0.508. The van der Waals surface area contributed by atoms with Gasteiger partial charge in [-0.05, 0) is 39.7 Å². The number of amides is 1. The lowest BCUT2D eigenvalue weighted by atomic mass is 10.1. The van der Waals surface area contributed by atoms with E-state index in [1.807, 2.05) is 51.1 Å². The molecule has 22 heavy (non-hydrogen) atoms. The monoisotopic (exact) mass is 308 g/mol. The summed E-state index contributed by atoms with van der Waals surface area (Å²) in [4.78, 5) is 11.7. The highest BCUT2D eigenvalue weighted by Gasteiger charge is 2.17. The lowest BCUT2D eigenvalue weighted by Crippen LogP contribution is -2.45. The summed E-state index contributed by atoms with van der Waals surface area (Å²) in [6.45, 7) is 8.15. The molecule has 5 nitrogen and oxygen atoms in total. The van der Waals surface area contributed by atoms with Gasteiger partial charge in [0.25, 0.3) is 0 Å². The maximum atomic E-state index is 11.7. The van der Waals surface area contributed by atoms with E-state index in [0.29, 0.717) is 13.1 Å². The summed E-state index contributed by atoms with van der Waals surface area (Å²) < 4.78 is 5.24. The Balaban J connectivity index is 2.52. The highest BCUT2D eigenvalue weighted by Crippen LogP contribution is 2.07. The number of carbonyl (C=O) groups excluding carboxylic acids is 1. The molecular weight excluding hydrogens is 280 g/mol. The van der Waals surface area contributed by atoms with Crippen LogP contribution in [0.3, 0.4) is 0 Å². The van der Waals surface area contributed by atoms with Gasteiger partial charge in [0.2, 0.25) is 0 Å². The van der Waals surface area contributed by atoms with Gasteiger partial charge in [0.05, 0.1) is 6.10 Å². The van der Waals surface area contributed by atoms with E-state index in [0.717, 1.165) is 6.42 Å². The number of hydrogen-bond acceptors (Lipinski definition) is 4. The average molecular weight is 308 g/mol. The predicted octanol–water partition coefficient (Wildman–Crippen LogP) is 2.09. The predicted molar refractivity (Wildman–Crippen MR) is 87.9 cm³/mol. The van der Waals surface area contributed by atoms with E-state index < -0.39 is 17.8 Å². The number of benzene rings is 1. The van der Waals surface area contributed by atoms with Gasteiger partial charge in [-0.2, -0.15) is 0 Å². The van der Waals surface area contributed by atoms with E-state index in [9.17, 15) is 9.90 Å². The molecule has 1 aromatic carbocycles. The summed E-state index contributed by atoms with van der Waals surface area (Å²) in [5.41, 5.74) is 0.670. The SMILES string of the molecule is C[C@H](O)CNC(CNC(=O)OC(C)(C)C)Cc1ccccc1. The zero-order chi connectivity index (χ0) is 16.6. The Bertz CT molecular complexity index is 441. The Morgan fingerprint density at radius 3 is 2.41 bits per heavy atom. The number of rotatable bonds is 7. The molecule has 2 atom stereocenters. The van der Waals surface area contributed by atoms with E-state index in [-0.39, 0.29) is 6.04 Å². The van der Waals surface area contributed by atoms with Crippen LogP contribution < -0.4 is 10.6 Å². The number of carbonyl (C=O) groups is 1. The minimum absolute atomic E-state index is 0.0320. The van der Waals surface area contributed by atoms with E-state index in [4.69, 9.17) is 4.74 Å². The second-order valence-corrected chi connectivity index (χ2v) is 6.53. The highest BCUT2D eigenvalue weighted by molar-refractivity contribution is 5.67. The topological polar surface area (TPSA) is 70.6 Å². The number of ether oxygens (including phenoxy) is 1. The standard InChI is InChI=1S/C17H28N2O3/c1-13(20)11-18-15(10-14-8-6-5-7-9-14)12-19-16(21)22-17(2,3)4/h5-9,13,15,18,20H,10-12H2,1-4H3,(H,19,21)/t13-,15?/m0/s1. The zero-order valence-electron chi connectivity index (χ0n) is 13.9. The molecule has 0 aliphatic rings.